The smallest absolute Gasteiger partial charge is 0.240 e. The van der Waals surface area contributed by atoms with Gasteiger partial charge in [0.1, 0.15) is 0 Å². The van der Waals surface area contributed by atoms with Crippen molar-refractivity contribution in [1.29, 1.82) is 0 Å². The van der Waals surface area contributed by atoms with Crippen molar-refractivity contribution < 1.29 is 4.79 Å². The molecule has 0 heterocycles. The minimum atomic E-state index is -0.0539. The number of unbranched alkanes of at least 4 members (excludes halogenated alkanes) is 2. The van der Waals surface area contributed by atoms with E-state index < -0.39 is 0 Å². The molecule has 0 bridgehead atoms. The number of benzene rings is 1. The Morgan fingerprint density at radius 1 is 1.41 bits per heavy atom. The van der Waals surface area contributed by atoms with Crippen molar-refractivity contribution in [3.63, 3.8) is 0 Å². The first kappa shape index (κ1) is 13.7. The van der Waals surface area contributed by atoms with Gasteiger partial charge < -0.3 is 0 Å². The van der Waals surface area contributed by atoms with Crippen LogP contribution in [-0.2, 0) is 4.79 Å². The number of halogens is 1. The van der Waals surface area contributed by atoms with Crippen LogP contribution in [0.1, 0.15) is 38.2 Å². The first-order valence-electron chi connectivity index (χ1n) is 5.80. The zero-order valence-corrected chi connectivity index (χ0v) is 10.7. The molecule has 17 heavy (non-hydrogen) atoms. The summed E-state index contributed by atoms with van der Waals surface area (Å²) in [6, 6.07) is 7.35. The maximum absolute atomic E-state index is 11.3. The number of rotatable bonds is 6. The number of carbonyl (C=O) groups is 1. The summed E-state index contributed by atoms with van der Waals surface area (Å²) in [6.45, 7) is 2.10. The topological polar surface area (TPSA) is 41.5 Å². The number of nitrogens with one attached hydrogen (secondary N) is 1. The highest BCUT2D eigenvalue weighted by Gasteiger charge is 1.98. The highest BCUT2D eigenvalue weighted by atomic mass is 35.5. The van der Waals surface area contributed by atoms with Gasteiger partial charge in [0, 0.05) is 17.0 Å². The Balaban J connectivity index is 2.35. The lowest BCUT2D eigenvalue weighted by atomic mass is 10.2. The Morgan fingerprint density at radius 2 is 2.18 bits per heavy atom. The molecule has 0 radical (unpaired) electrons. The fraction of sp³-hybridized carbons (Fsp3) is 0.385. The van der Waals surface area contributed by atoms with E-state index in [1.54, 1.807) is 12.3 Å². The second-order valence-electron chi connectivity index (χ2n) is 3.77. The number of nitrogens with zero attached hydrogens (tertiary/aromatic N) is 1. The van der Waals surface area contributed by atoms with Crippen LogP contribution in [0.2, 0.25) is 5.02 Å². The van der Waals surface area contributed by atoms with Gasteiger partial charge in [-0.15, -0.1) is 0 Å². The summed E-state index contributed by atoms with van der Waals surface area (Å²) in [5.74, 6) is -0.0539. The van der Waals surface area contributed by atoms with Crippen LogP contribution in [0, 0.1) is 0 Å². The molecule has 0 aromatic heterocycles. The van der Waals surface area contributed by atoms with Crippen LogP contribution < -0.4 is 5.43 Å². The summed E-state index contributed by atoms with van der Waals surface area (Å²) < 4.78 is 0. The van der Waals surface area contributed by atoms with Crippen LogP contribution >= 0.6 is 11.6 Å². The first-order valence-corrected chi connectivity index (χ1v) is 6.18. The van der Waals surface area contributed by atoms with E-state index in [0.717, 1.165) is 24.8 Å². The van der Waals surface area contributed by atoms with Crippen molar-refractivity contribution in [2.75, 3.05) is 0 Å². The molecule has 0 aliphatic rings. The summed E-state index contributed by atoms with van der Waals surface area (Å²) in [7, 11) is 0. The molecule has 3 nitrogen and oxygen atoms in total. The molecule has 1 N–H and O–H groups in total. The molecule has 1 aromatic carbocycles. The molecule has 0 saturated carbocycles. The van der Waals surface area contributed by atoms with Crippen LogP contribution in [0.5, 0.6) is 0 Å². The minimum absolute atomic E-state index is 0.0539. The second kappa shape index (κ2) is 7.85. The molecule has 1 rings (SSSR count). The van der Waals surface area contributed by atoms with E-state index in [9.17, 15) is 4.79 Å². The van der Waals surface area contributed by atoms with Crippen LogP contribution in [-0.4, -0.2) is 12.1 Å². The maximum Gasteiger partial charge on any atom is 0.240 e. The molecule has 0 spiro atoms. The monoisotopic (exact) mass is 252 g/mol. The molecule has 0 unspecified atom stereocenters. The predicted octanol–water partition coefficient (Wildman–Crippen LogP) is 3.37. The number of amides is 1. The zero-order valence-electron chi connectivity index (χ0n) is 9.95. The van der Waals surface area contributed by atoms with Crippen LogP contribution in [0.15, 0.2) is 29.4 Å². The Bertz CT molecular complexity index is 391. The van der Waals surface area contributed by atoms with Crippen molar-refractivity contribution in [2.24, 2.45) is 5.10 Å². The fourth-order valence-corrected chi connectivity index (χ4v) is 1.53. The van der Waals surface area contributed by atoms with E-state index in [4.69, 9.17) is 11.6 Å². The van der Waals surface area contributed by atoms with Crippen molar-refractivity contribution in [3.8, 4) is 0 Å². The SMILES string of the molecule is CCCCCC(=O)N/N=C/c1ccccc1Cl. The number of carbonyl (C=O) groups excluding carboxylic acids is 1. The molecule has 0 fully saturated rings. The average molecular weight is 253 g/mol. The summed E-state index contributed by atoms with van der Waals surface area (Å²) in [6.07, 6.45) is 5.16. The molecule has 0 saturated heterocycles. The minimum Gasteiger partial charge on any atom is -0.273 e. The van der Waals surface area contributed by atoms with Gasteiger partial charge in [0.15, 0.2) is 0 Å². The van der Waals surface area contributed by atoms with Crippen LogP contribution in [0.25, 0.3) is 0 Å². The van der Waals surface area contributed by atoms with Crippen LogP contribution in [0.3, 0.4) is 0 Å². The predicted molar refractivity (Wildman–Crippen MR) is 71.3 cm³/mol. The summed E-state index contributed by atoms with van der Waals surface area (Å²) >= 11 is 5.94. The van der Waals surface area contributed by atoms with Crippen molar-refractivity contribution in [1.82, 2.24) is 5.43 Å². The standard InChI is InChI=1S/C13H17ClN2O/c1-2-3-4-9-13(17)16-15-10-11-7-5-6-8-12(11)14/h5-8,10H,2-4,9H2,1H3,(H,16,17)/b15-10+. The van der Waals surface area contributed by atoms with Crippen molar-refractivity contribution >= 4 is 23.7 Å². The number of hydrogen-bond donors (Lipinski definition) is 1. The lowest BCUT2D eigenvalue weighted by molar-refractivity contribution is -0.121. The van der Waals surface area contributed by atoms with Gasteiger partial charge >= 0.3 is 0 Å². The highest BCUT2D eigenvalue weighted by molar-refractivity contribution is 6.33. The number of hydrogen-bond acceptors (Lipinski definition) is 2. The van der Waals surface area contributed by atoms with Gasteiger partial charge in [-0.25, -0.2) is 5.43 Å². The van der Waals surface area contributed by atoms with Gasteiger partial charge in [-0.2, -0.15) is 5.10 Å². The molecule has 1 aromatic rings. The van der Waals surface area contributed by atoms with E-state index in [0.29, 0.717) is 11.4 Å². The Morgan fingerprint density at radius 3 is 2.88 bits per heavy atom. The third-order valence-corrected chi connectivity index (χ3v) is 2.65. The summed E-state index contributed by atoms with van der Waals surface area (Å²) in [4.78, 5) is 11.3. The molecular formula is C13H17ClN2O. The summed E-state index contributed by atoms with van der Waals surface area (Å²) in [5.41, 5.74) is 3.28. The Labute approximate surface area is 107 Å². The van der Waals surface area contributed by atoms with Gasteiger partial charge in [0.2, 0.25) is 5.91 Å². The van der Waals surface area contributed by atoms with Crippen molar-refractivity contribution in [3.05, 3.63) is 34.9 Å². The van der Waals surface area contributed by atoms with Gasteiger partial charge in [-0.05, 0) is 12.5 Å². The molecule has 0 aliphatic carbocycles. The third-order valence-electron chi connectivity index (χ3n) is 2.31. The van der Waals surface area contributed by atoms with Gasteiger partial charge in [-0.3, -0.25) is 4.79 Å². The summed E-state index contributed by atoms with van der Waals surface area (Å²) in [5, 5.41) is 4.49. The van der Waals surface area contributed by atoms with E-state index in [2.05, 4.69) is 17.5 Å². The first-order chi connectivity index (χ1) is 8.24. The molecule has 4 heteroatoms. The molecular weight excluding hydrogens is 236 g/mol. The van der Waals surface area contributed by atoms with E-state index in [-0.39, 0.29) is 5.91 Å². The average Bonchev–Trinajstić information content (AvgIpc) is 2.32. The van der Waals surface area contributed by atoms with Crippen LogP contribution in [0.4, 0.5) is 0 Å². The van der Waals surface area contributed by atoms with Gasteiger partial charge in [0.05, 0.1) is 6.21 Å². The molecule has 92 valence electrons. The molecule has 1 amide bonds. The van der Waals surface area contributed by atoms with E-state index >= 15 is 0 Å². The lowest BCUT2D eigenvalue weighted by Gasteiger charge is -1.99. The normalized spacial score (nSPS) is 10.7. The lowest BCUT2D eigenvalue weighted by Crippen LogP contribution is -2.16. The third kappa shape index (κ3) is 5.50. The highest BCUT2D eigenvalue weighted by Crippen LogP contribution is 2.11. The van der Waals surface area contributed by atoms with E-state index in [1.165, 1.54) is 0 Å². The fourth-order valence-electron chi connectivity index (χ4n) is 1.35. The zero-order chi connectivity index (χ0) is 12.5. The van der Waals surface area contributed by atoms with Gasteiger partial charge in [-0.1, -0.05) is 49.6 Å². The Hall–Kier alpha value is -1.35. The van der Waals surface area contributed by atoms with Crippen molar-refractivity contribution in [2.45, 2.75) is 32.6 Å². The maximum atomic E-state index is 11.3. The van der Waals surface area contributed by atoms with Gasteiger partial charge in [0.25, 0.3) is 0 Å². The molecule has 0 atom stereocenters. The Kier molecular flexibility index (Phi) is 6.33. The quantitative estimate of drug-likeness (QED) is 0.471. The van der Waals surface area contributed by atoms with E-state index in [1.807, 2.05) is 18.2 Å². The largest absolute Gasteiger partial charge is 0.273 e. The number of hydrazone groups is 1. The molecule has 0 aliphatic heterocycles. The second-order valence-corrected chi connectivity index (χ2v) is 4.18.